The molecule has 148 valence electrons. The molecule has 6 nitrogen and oxygen atoms in total. The highest BCUT2D eigenvalue weighted by Gasteiger charge is 2.30. The Morgan fingerprint density at radius 1 is 0.966 bits per heavy atom. The lowest BCUT2D eigenvalue weighted by molar-refractivity contribution is -0.137. The molecule has 0 aliphatic heterocycles. The van der Waals surface area contributed by atoms with Gasteiger partial charge in [0.05, 0.1) is 18.7 Å². The molecular weight excluding hydrogens is 390 g/mol. The van der Waals surface area contributed by atoms with E-state index in [1.54, 1.807) is 12.1 Å². The molecule has 0 bridgehead atoms. The minimum Gasteiger partial charge on any atom is -0.293 e. The Bertz CT molecular complexity index is 1230. The summed E-state index contributed by atoms with van der Waals surface area (Å²) in [5.74, 6) is -0.368. The Morgan fingerprint density at radius 3 is 2.45 bits per heavy atom. The molecule has 2 heterocycles. The van der Waals surface area contributed by atoms with Crippen molar-refractivity contribution in [3.8, 4) is 0 Å². The van der Waals surface area contributed by atoms with Crippen molar-refractivity contribution in [3.63, 3.8) is 0 Å². The number of fused-ring (bicyclic) bond motifs is 1. The van der Waals surface area contributed by atoms with Crippen molar-refractivity contribution in [2.45, 2.75) is 19.3 Å². The van der Waals surface area contributed by atoms with E-state index in [0.29, 0.717) is 5.56 Å². The second-order valence-electron chi connectivity index (χ2n) is 6.42. The summed E-state index contributed by atoms with van der Waals surface area (Å²) in [6.07, 6.45) is -3.22. The van der Waals surface area contributed by atoms with E-state index in [2.05, 4.69) is 15.3 Å². The van der Waals surface area contributed by atoms with E-state index in [1.807, 2.05) is 0 Å². The monoisotopic (exact) mass is 403 g/mol. The van der Waals surface area contributed by atoms with E-state index in [9.17, 15) is 22.4 Å². The standard InChI is InChI=1S/C19H13F4N5O/c20-15-6-4-12(5-7-15)10-28-17-16(25-26-28)18(29)27(11-24-17)9-13-2-1-3-14(8-13)19(21,22)23/h1-8,11H,9-10H2. The van der Waals surface area contributed by atoms with Gasteiger partial charge in [0.25, 0.3) is 5.56 Å². The van der Waals surface area contributed by atoms with E-state index in [-0.39, 0.29) is 30.1 Å². The third kappa shape index (κ3) is 3.86. The number of alkyl halides is 3. The van der Waals surface area contributed by atoms with Crippen molar-refractivity contribution in [1.29, 1.82) is 0 Å². The lowest BCUT2D eigenvalue weighted by atomic mass is 10.1. The predicted octanol–water partition coefficient (Wildman–Crippen LogP) is 3.24. The Hall–Kier alpha value is -3.56. The van der Waals surface area contributed by atoms with Gasteiger partial charge >= 0.3 is 6.18 Å². The van der Waals surface area contributed by atoms with Crippen LogP contribution in [-0.2, 0) is 19.3 Å². The number of hydrogen-bond acceptors (Lipinski definition) is 4. The van der Waals surface area contributed by atoms with Crippen LogP contribution in [0, 0.1) is 5.82 Å². The van der Waals surface area contributed by atoms with Crippen LogP contribution in [0.15, 0.2) is 59.7 Å². The van der Waals surface area contributed by atoms with E-state index in [0.717, 1.165) is 17.7 Å². The van der Waals surface area contributed by atoms with E-state index in [4.69, 9.17) is 0 Å². The van der Waals surface area contributed by atoms with Gasteiger partial charge in [-0.15, -0.1) is 5.10 Å². The second-order valence-corrected chi connectivity index (χ2v) is 6.42. The first kappa shape index (κ1) is 18.8. The fourth-order valence-electron chi connectivity index (χ4n) is 2.91. The lowest BCUT2D eigenvalue weighted by Crippen LogP contribution is -2.22. The molecule has 0 N–H and O–H groups in total. The molecule has 0 fully saturated rings. The molecule has 0 spiro atoms. The minimum atomic E-state index is -4.47. The van der Waals surface area contributed by atoms with Gasteiger partial charge in [-0.2, -0.15) is 13.2 Å². The number of benzene rings is 2. The van der Waals surface area contributed by atoms with Crippen molar-refractivity contribution >= 4 is 11.2 Å². The van der Waals surface area contributed by atoms with Crippen LogP contribution in [-0.4, -0.2) is 24.5 Å². The smallest absolute Gasteiger partial charge is 0.293 e. The summed E-state index contributed by atoms with van der Waals surface area (Å²) in [5.41, 5.74) is -0.0174. The third-order valence-corrected chi connectivity index (χ3v) is 4.34. The number of rotatable bonds is 4. The predicted molar refractivity (Wildman–Crippen MR) is 95.6 cm³/mol. The van der Waals surface area contributed by atoms with Gasteiger partial charge in [0, 0.05) is 0 Å². The lowest BCUT2D eigenvalue weighted by Gasteiger charge is -2.10. The zero-order chi connectivity index (χ0) is 20.6. The summed E-state index contributed by atoms with van der Waals surface area (Å²) in [7, 11) is 0. The SMILES string of the molecule is O=c1c2nnn(Cc3ccc(F)cc3)c2ncn1Cc1cccc(C(F)(F)F)c1. The summed E-state index contributed by atoms with van der Waals surface area (Å²) in [4.78, 5) is 16.8. The summed E-state index contributed by atoms with van der Waals surface area (Å²) in [5, 5.41) is 7.77. The van der Waals surface area contributed by atoms with Crippen molar-refractivity contribution in [2.24, 2.45) is 0 Å². The van der Waals surface area contributed by atoms with Gasteiger partial charge in [0.2, 0.25) is 0 Å². The Labute approximate surface area is 161 Å². The van der Waals surface area contributed by atoms with Crippen LogP contribution in [0.3, 0.4) is 0 Å². The molecular formula is C19H13F4N5O. The molecule has 0 atom stereocenters. The van der Waals surface area contributed by atoms with Gasteiger partial charge in [0.1, 0.15) is 12.1 Å². The van der Waals surface area contributed by atoms with Crippen molar-refractivity contribution in [2.75, 3.05) is 0 Å². The third-order valence-electron chi connectivity index (χ3n) is 4.34. The first-order valence-electron chi connectivity index (χ1n) is 8.50. The highest BCUT2D eigenvalue weighted by Crippen LogP contribution is 2.29. The van der Waals surface area contributed by atoms with Crippen LogP contribution in [0.1, 0.15) is 16.7 Å². The average molecular weight is 403 g/mol. The van der Waals surface area contributed by atoms with Gasteiger partial charge in [0.15, 0.2) is 11.2 Å². The maximum atomic E-state index is 13.0. The summed E-state index contributed by atoms with van der Waals surface area (Å²) in [6, 6.07) is 10.5. The van der Waals surface area contributed by atoms with Gasteiger partial charge in [-0.25, -0.2) is 14.1 Å². The van der Waals surface area contributed by atoms with Crippen molar-refractivity contribution in [1.82, 2.24) is 24.5 Å². The highest BCUT2D eigenvalue weighted by molar-refractivity contribution is 5.67. The molecule has 2 aromatic carbocycles. The number of nitrogens with zero attached hydrogens (tertiary/aromatic N) is 5. The molecule has 0 amide bonds. The molecule has 0 aliphatic carbocycles. The van der Waals surface area contributed by atoms with Crippen LogP contribution in [0.2, 0.25) is 0 Å². The highest BCUT2D eigenvalue weighted by atomic mass is 19.4. The Morgan fingerprint density at radius 2 is 1.72 bits per heavy atom. The fraction of sp³-hybridized carbons (Fsp3) is 0.158. The maximum Gasteiger partial charge on any atom is 0.416 e. The normalized spacial score (nSPS) is 11.9. The van der Waals surface area contributed by atoms with E-state index >= 15 is 0 Å². The summed E-state index contributed by atoms with van der Waals surface area (Å²) >= 11 is 0. The zero-order valence-corrected chi connectivity index (χ0v) is 14.8. The fourth-order valence-corrected chi connectivity index (χ4v) is 2.91. The molecule has 0 unspecified atom stereocenters. The van der Waals surface area contributed by atoms with E-state index in [1.165, 1.54) is 39.8 Å². The largest absolute Gasteiger partial charge is 0.416 e. The van der Waals surface area contributed by atoms with Crippen LogP contribution in [0.4, 0.5) is 17.6 Å². The maximum absolute atomic E-state index is 13.0. The molecule has 0 saturated heterocycles. The summed E-state index contributed by atoms with van der Waals surface area (Å²) < 4.78 is 54.2. The average Bonchev–Trinajstić information content (AvgIpc) is 3.09. The second kappa shape index (κ2) is 7.12. The first-order valence-corrected chi connectivity index (χ1v) is 8.50. The zero-order valence-electron chi connectivity index (χ0n) is 14.8. The quantitative estimate of drug-likeness (QED) is 0.491. The van der Waals surface area contributed by atoms with Gasteiger partial charge in [-0.3, -0.25) is 9.36 Å². The van der Waals surface area contributed by atoms with Crippen LogP contribution in [0.25, 0.3) is 11.2 Å². The summed E-state index contributed by atoms with van der Waals surface area (Å²) in [6.45, 7) is 0.150. The Kier molecular flexibility index (Phi) is 4.61. The minimum absolute atomic E-state index is 0.00147. The molecule has 10 heteroatoms. The van der Waals surface area contributed by atoms with Crippen molar-refractivity contribution < 1.29 is 17.6 Å². The molecule has 0 radical (unpaired) electrons. The molecule has 4 aromatic rings. The van der Waals surface area contributed by atoms with Crippen LogP contribution >= 0.6 is 0 Å². The number of hydrogen-bond donors (Lipinski definition) is 0. The first-order chi connectivity index (χ1) is 13.8. The van der Waals surface area contributed by atoms with E-state index < -0.39 is 17.3 Å². The Balaban J connectivity index is 1.64. The van der Waals surface area contributed by atoms with Gasteiger partial charge in [-0.05, 0) is 35.4 Å². The van der Waals surface area contributed by atoms with Gasteiger partial charge < -0.3 is 0 Å². The molecule has 0 saturated carbocycles. The molecule has 0 aliphatic rings. The topological polar surface area (TPSA) is 65.6 Å². The molecule has 4 rings (SSSR count). The molecule has 2 aromatic heterocycles. The van der Waals surface area contributed by atoms with Gasteiger partial charge in [-0.1, -0.05) is 29.5 Å². The number of aromatic nitrogens is 5. The van der Waals surface area contributed by atoms with Crippen LogP contribution < -0.4 is 5.56 Å². The molecule has 29 heavy (non-hydrogen) atoms. The van der Waals surface area contributed by atoms with Crippen molar-refractivity contribution in [3.05, 3.63) is 87.7 Å². The van der Waals surface area contributed by atoms with Crippen LogP contribution in [0.5, 0.6) is 0 Å². The number of halogens is 4.